The van der Waals surface area contributed by atoms with Crippen LogP contribution in [0.25, 0.3) is 11.3 Å². The fourth-order valence-corrected chi connectivity index (χ4v) is 6.74. The molecule has 0 aliphatic rings. The highest BCUT2D eigenvalue weighted by Gasteiger charge is 2.21. The van der Waals surface area contributed by atoms with Crippen molar-refractivity contribution in [2.45, 2.75) is 30.9 Å². The van der Waals surface area contributed by atoms with Gasteiger partial charge in [-0.15, -0.1) is 34.0 Å². The van der Waals surface area contributed by atoms with Crippen LogP contribution in [-0.4, -0.2) is 37.2 Å². The van der Waals surface area contributed by atoms with E-state index in [4.69, 9.17) is 0 Å². The lowest BCUT2D eigenvalue weighted by Gasteiger charge is -2.15. The van der Waals surface area contributed by atoms with Gasteiger partial charge in [0.15, 0.2) is 5.13 Å². The fraction of sp³-hybridized carbons (Fsp3) is 0.333. The molecule has 0 unspecified atom stereocenters. The Morgan fingerprint density at radius 1 is 1.29 bits per heavy atom. The minimum absolute atomic E-state index is 0.166. The highest BCUT2D eigenvalue weighted by Crippen LogP contribution is 2.32. The number of aromatic nitrogens is 1. The van der Waals surface area contributed by atoms with Gasteiger partial charge in [-0.05, 0) is 37.8 Å². The molecule has 3 aromatic rings. The van der Waals surface area contributed by atoms with Crippen molar-refractivity contribution in [3.05, 3.63) is 38.7 Å². The van der Waals surface area contributed by atoms with Crippen molar-refractivity contribution >= 4 is 55.1 Å². The summed E-state index contributed by atoms with van der Waals surface area (Å²) >= 11 is 4.30. The number of hydrogen-bond acceptors (Lipinski definition) is 7. The molecule has 3 aromatic heterocycles. The van der Waals surface area contributed by atoms with Gasteiger partial charge in [-0.2, -0.15) is 0 Å². The molecule has 28 heavy (non-hydrogen) atoms. The van der Waals surface area contributed by atoms with Crippen LogP contribution >= 0.6 is 34.0 Å². The van der Waals surface area contributed by atoms with E-state index < -0.39 is 10.0 Å². The van der Waals surface area contributed by atoms with E-state index in [0.29, 0.717) is 15.8 Å². The van der Waals surface area contributed by atoms with E-state index in [1.165, 1.54) is 43.8 Å². The van der Waals surface area contributed by atoms with Crippen molar-refractivity contribution in [1.29, 1.82) is 0 Å². The maximum Gasteiger partial charge on any atom is 0.252 e. The van der Waals surface area contributed by atoms with Gasteiger partial charge in [0.1, 0.15) is 4.21 Å². The molecule has 0 atom stereocenters. The second kappa shape index (κ2) is 8.83. The van der Waals surface area contributed by atoms with E-state index in [1.807, 2.05) is 5.38 Å². The predicted octanol–water partition coefficient (Wildman–Crippen LogP) is 4.59. The Labute approximate surface area is 176 Å². The summed E-state index contributed by atoms with van der Waals surface area (Å²) in [6, 6.07) is 5.39. The van der Waals surface area contributed by atoms with Gasteiger partial charge in [0.2, 0.25) is 5.91 Å². The number of sulfonamides is 1. The monoisotopic (exact) mass is 455 g/mol. The largest absolute Gasteiger partial charge is 0.302 e. The molecule has 150 valence electrons. The number of carbonyl (C=O) groups excluding carboxylic acids is 1. The lowest BCUT2D eigenvalue weighted by atomic mass is 10.2. The van der Waals surface area contributed by atoms with Crippen LogP contribution in [0.4, 0.5) is 5.13 Å². The highest BCUT2D eigenvalue weighted by molar-refractivity contribution is 7.91. The van der Waals surface area contributed by atoms with Crippen LogP contribution in [0.15, 0.2) is 33.2 Å². The van der Waals surface area contributed by atoms with E-state index in [9.17, 15) is 13.2 Å². The number of hydrogen-bond donors (Lipinski definition) is 1. The third kappa shape index (κ3) is 4.87. The zero-order valence-electron chi connectivity index (χ0n) is 15.8. The Bertz CT molecular complexity index is 1050. The molecular formula is C18H21N3O3S4. The van der Waals surface area contributed by atoms with Crippen LogP contribution < -0.4 is 5.32 Å². The van der Waals surface area contributed by atoms with Gasteiger partial charge in [-0.1, -0.05) is 6.07 Å². The minimum Gasteiger partial charge on any atom is -0.302 e. The number of anilines is 1. The second-order valence-corrected chi connectivity index (χ2v) is 11.8. The summed E-state index contributed by atoms with van der Waals surface area (Å²) in [4.78, 5) is 19.1. The molecule has 0 bridgehead atoms. The van der Waals surface area contributed by atoms with E-state index in [2.05, 4.69) is 30.2 Å². The van der Waals surface area contributed by atoms with Gasteiger partial charge in [0.25, 0.3) is 10.0 Å². The summed E-state index contributed by atoms with van der Waals surface area (Å²) < 4.78 is 26.3. The van der Waals surface area contributed by atoms with E-state index in [-0.39, 0.29) is 18.9 Å². The van der Waals surface area contributed by atoms with Crippen molar-refractivity contribution in [2.75, 3.05) is 18.9 Å². The Hall–Kier alpha value is -1.59. The van der Waals surface area contributed by atoms with Gasteiger partial charge in [-0.25, -0.2) is 17.7 Å². The standard InChI is InChI=1S/C18H21N3O3S4/c1-12-10-14(13(2)27-12)15-11-26-18(19-15)20-16(22)6-4-8-21(3)28(23,24)17-7-5-9-25-17/h5,7,9-11H,4,6,8H2,1-3H3,(H,19,20,22). The zero-order valence-corrected chi connectivity index (χ0v) is 19.0. The summed E-state index contributed by atoms with van der Waals surface area (Å²) in [5, 5.41) is 7.03. The molecule has 0 saturated carbocycles. The van der Waals surface area contributed by atoms with Gasteiger partial charge in [0.05, 0.1) is 5.69 Å². The first kappa shape index (κ1) is 21.1. The molecule has 3 rings (SSSR count). The number of nitrogens with one attached hydrogen (secondary N) is 1. The molecule has 0 fully saturated rings. The molecule has 0 aromatic carbocycles. The Balaban J connectivity index is 1.51. The molecule has 6 nitrogen and oxygen atoms in total. The van der Waals surface area contributed by atoms with Gasteiger partial charge >= 0.3 is 0 Å². The Morgan fingerprint density at radius 2 is 2.07 bits per heavy atom. The van der Waals surface area contributed by atoms with Crippen LogP contribution in [-0.2, 0) is 14.8 Å². The first-order valence-corrected chi connectivity index (χ1v) is 12.6. The van der Waals surface area contributed by atoms with Crippen molar-refractivity contribution < 1.29 is 13.2 Å². The molecule has 3 heterocycles. The summed E-state index contributed by atoms with van der Waals surface area (Å²) in [7, 11) is -1.94. The van der Waals surface area contributed by atoms with Crippen molar-refractivity contribution in [3.8, 4) is 11.3 Å². The quantitative estimate of drug-likeness (QED) is 0.539. The second-order valence-electron chi connectivity index (χ2n) is 6.28. The Morgan fingerprint density at radius 3 is 2.71 bits per heavy atom. The molecule has 0 saturated heterocycles. The molecule has 10 heteroatoms. The van der Waals surface area contributed by atoms with Crippen molar-refractivity contribution in [1.82, 2.24) is 9.29 Å². The maximum atomic E-state index is 12.4. The average Bonchev–Trinajstić information content (AvgIpc) is 3.36. The smallest absolute Gasteiger partial charge is 0.252 e. The van der Waals surface area contributed by atoms with Crippen LogP contribution in [0.5, 0.6) is 0 Å². The lowest BCUT2D eigenvalue weighted by Crippen LogP contribution is -2.28. The Kier molecular flexibility index (Phi) is 6.66. The summed E-state index contributed by atoms with van der Waals surface area (Å²) in [5.74, 6) is -0.166. The SMILES string of the molecule is Cc1cc(-c2csc(NC(=O)CCCN(C)S(=O)(=O)c3cccs3)n2)c(C)s1. The number of nitrogens with zero attached hydrogens (tertiary/aromatic N) is 2. The molecule has 0 aliphatic heterocycles. The van der Waals surface area contributed by atoms with Gasteiger partial charge in [0, 0.05) is 40.7 Å². The van der Waals surface area contributed by atoms with E-state index in [0.717, 1.165) is 11.3 Å². The molecule has 1 amide bonds. The number of rotatable bonds is 8. The van der Waals surface area contributed by atoms with Crippen LogP contribution in [0.2, 0.25) is 0 Å². The molecule has 0 radical (unpaired) electrons. The highest BCUT2D eigenvalue weighted by atomic mass is 32.2. The van der Waals surface area contributed by atoms with Crippen LogP contribution in [0, 0.1) is 13.8 Å². The van der Waals surface area contributed by atoms with Gasteiger partial charge < -0.3 is 5.32 Å². The number of carbonyl (C=O) groups is 1. The summed E-state index contributed by atoms with van der Waals surface area (Å²) in [6.07, 6.45) is 0.670. The normalized spacial score (nSPS) is 11.9. The van der Waals surface area contributed by atoms with E-state index >= 15 is 0 Å². The fourth-order valence-electron chi connectivity index (χ4n) is 2.67. The average molecular weight is 456 g/mol. The predicted molar refractivity (Wildman–Crippen MR) is 117 cm³/mol. The van der Waals surface area contributed by atoms with Crippen molar-refractivity contribution in [2.24, 2.45) is 0 Å². The van der Waals surface area contributed by atoms with Crippen molar-refractivity contribution in [3.63, 3.8) is 0 Å². The molecule has 1 N–H and O–H groups in total. The first-order valence-electron chi connectivity index (χ1n) is 8.60. The third-order valence-electron chi connectivity index (χ3n) is 4.10. The van der Waals surface area contributed by atoms with E-state index in [1.54, 1.807) is 28.8 Å². The third-order valence-corrected chi connectivity index (χ3v) is 9.06. The minimum atomic E-state index is -3.47. The molecule has 0 spiro atoms. The summed E-state index contributed by atoms with van der Waals surface area (Å²) in [6.45, 7) is 4.40. The number of amides is 1. The summed E-state index contributed by atoms with van der Waals surface area (Å²) in [5.41, 5.74) is 1.96. The lowest BCUT2D eigenvalue weighted by molar-refractivity contribution is -0.116. The van der Waals surface area contributed by atoms with Gasteiger partial charge in [-0.3, -0.25) is 4.79 Å². The number of thiophene rings is 2. The van der Waals surface area contributed by atoms with Crippen LogP contribution in [0.1, 0.15) is 22.6 Å². The maximum absolute atomic E-state index is 12.4. The number of thiazole rings is 1. The zero-order chi connectivity index (χ0) is 20.3. The topological polar surface area (TPSA) is 79.4 Å². The molecular weight excluding hydrogens is 434 g/mol. The van der Waals surface area contributed by atoms with Crippen LogP contribution in [0.3, 0.4) is 0 Å². The molecule has 0 aliphatic carbocycles. The first-order chi connectivity index (χ1) is 13.3. The number of aryl methyl sites for hydroxylation is 2.